The number of rotatable bonds is 6. The lowest BCUT2D eigenvalue weighted by atomic mass is 10.1. The second-order valence-electron chi connectivity index (χ2n) is 5.84. The van der Waals surface area contributed by atoms with Gasteiger partial charge in [0.25, 0.3) is 11.8 Å². The molecule has 1 amide bonds. The van der Waals surface area contributed by atoms with Gasteiger partial charge in [0.1, 0.15) is 5.76 Å². The molecule has 4 rings (SSSR count). The molecular weight excluding hydrogens is 342 g/mol. The first-order valence-corrected chi connectivity index (χ1v) is 8.02. The second-order valence-corrected chi connectivity index (χ2v) is 5.84. The average Bonchev–Trinajstić information content (AvgIpc) is 3.42. The summed E-state index contributed by atoms with van der Waals surface area (Å²) in [5.74, 6) is 0.362. The number of hydrogen-bond donors (Lipinski definition) is 0. The smallest absolute Gasteiger partial charge is 0.311 e. The van der Waals surface area contributed by atoms with Crippen LogP contribution >= 0.6 is 0 Å². The lowest BCUT2D eigenvalue weighted by molar-refractivity contribution is -0.150. The average molecular weight is 357 g/mol. The Hall–Kier alpha value is -3.36. The van der Waals surface area contributed by atoms with Crippen LogP contribution in [0.5, 0.6) is 0 Å². The van der Waals surface area contributed by atoms with Gasteiger partial charge in [0.15, 0.2) is 12.4 Å². The molecule has 1 aliphatic rings. The van der Waals surface area contributed by atoms with Crippen LogP contribution < -0.4 is 0 Å². The van der Waals surface area contributed by atoms with Crippen LogP contribution in [-0.2, 0) is 27.5 Å². The molecule has 4 heterocycles. The molecule has 1 atom stereocenters. The number of carbonyl (C=O) groups excluding carboxylic acids is 2. The van der Waals surface area contributed by atoms with Crippen LogP contribution in [0.3, 0.4) is 0 Å². The number of amides is 1. The molecule has 9 nitrogen and oxygen atoms in total. The van der Waals surface area contributed by atoms with Crippen LogP contribution in [0.2, 0.25) is 0 Å². The molecule has 1 fully saturated rings. The summed E-state index contributed by atoms with van der Waals surface area (Å²) in [6.45, 7) is 0.473. The van der Waals surface area contributed by atoms with Gasteiger partial charge in [0, 0.05) is 13.0 Å². The zero-order valence-electron chi connectivity index (χ0n) is 13.7. The fourth-order valence-electron chi connectivity index (χ4n) is 2.74. The number of likely N-dealkylation sites (tertiary alicyclic amines) is 1. The van der Waals surface area contributed by atoms with Gasteiger partial charge in [-0.2, -0.15) is 0 Å². The highest BCUT2D eigenvalue weighted by Gasteiger charge is 2.35. The van der Waals surface area contributed by atoms with Crippen molar-refractivity contribution < 1.29 is 27.6 Å². The van der Waals surface area contributed by atoms with Gasteiger partial charge in [-0.15, -0.1) is 10.2 Å². The van der Waals surface area contributed by atoms with Gasteiger partial charge in [0.05, 0.1) is 25.0 Å². The molecule has 0 aromatic carbocycles. The maximum atomic E-state index is 12.2. The first-order valence-electron chi connectivity index (χ1n) is 8.02. The van der Waals surface area contributed by atoms with Crippen molar-refractivity contribution in [2.75, 3.05) is 6.54 Å². The van der Waals surface area contributed by atoms with Crippen LogP contribution in [0.25, 0.3) is 11.7 Å². The molecule has 0 spiro atoms. The molecule has 1 saturated heterocycles. The Bertz CT molecular complexity index is 884. The van der Waals surface area contributed by atoms with Gasteiger partial charge in [-0.05, 0) is 24.3 Å². The van der Waals surface area contributed by atoms with Crippen molar-refractivity contribution in [2.24, 2.45) is 5.92 Å². The summed E-state index contributed by atoms with van der Waals surface area (Å²) in [4.78, 5) is 25.8. The molecular formula is C17H15N3O6. The van der Waals surface area contributed by atoms with Crippen LogP contribution in [-0.4, -0.2) is 33.5 Å². The summed E-state index contributed by atoms with van der Waals surface area (Å²) in [6, 6.07) is 6.92. The highest BCUT2D eigenvalue weighted by atomic mass is 16.5. The van der Waals surface area contributed by atoms with E-state index in [1.807, 2.05) is 0 Å². The predicted octanol–water partition coefficient (Wildman–Crippen LogP) is 2.01. The van der Waals surface area contributed by atoms with E-state index in [1.165, 1.54) is 6.26 Å². The molecule has 3 aromatic rings. The van der Waals surface area contributed by atoms with Gasteiger partial charge in [0.2, 0.25) is 5.91 Å². The van der Waals surface area contributed by atoms with Crippen molar-refractivity contribution in [3.63, 3.8) is 0 Å². The molecule has 1 aliphatic heterocycles. The van der Waals surface area contributed by atoms with E-state index in [-0.39, 0.29) is 30.7 Å². The van der Waals surface area contributed by atoms with E-state index in [0.29, 0.717) is 24.6 Å². The first-order chi connectivity index (χ1) is 12.7. The van der Waals surface area contributed by atoms with Crippen LogP contribution in [0, 0.1) is 5.92 Å². The van der Waals surface area contributed by atoms with Crippen LogP contribution in [0.4, 0.5) is 0 Å². The van der Waals surface area contributed by atoms with Gasteiger partial charge in [-0.1, -0.05) is 0 Å². The third-order valence-electron chi connectivity index (χ3n) is 4.01. The molecule has 0 bridgehead atoms. The highest BCUT2D eigenvalue weighted by molar-refractivity contribution is 5.86. The lowest BCUT2D eigenvalue weighted by Crippen LogP contribution is -2.26. The number of nitrogens with zero attached hydrogens (tertiary/aromatic N) is 3. The number of ether oxygens (including phenoxy) is 1. The van der Waals surface area contributed by atoms with Crippen molar-refractivity contribution in [3.05, 3.63) is 48.4 Å². The zero-order chi connectivity index (χ0) is 17.9. The van der Waals surface area contributed by atoms with E-state index in [9.17, 15) is 9.59 Å². The van der Waals surface area contributed by atoms with Crippen molar-refractivity contribution >= 4 is 11.9 Å². The summed E-state index contributed by atoms with van der Waals surface area (Å²) < 4.78 is 21.0. The zero-order valence-corrected chi connectivity index (χ0v) is 13.7. The Balaban J connectivity index is 1.30. The second kappa shape index (κ2) is 6.87. The van der Waals surface area contributed by atoms with Crippen molar-refractivity contribution in [1.29, 1.82) is 0 Å². The minimum Gasteiger partial charge on any atom is -0.467 e. The summed E-state index contributed by atoms with van der Waals surface area (Å²) >= 11 is 0. The molecule has 0 saturated carbocycles. The molecule has 0 aliphatic carbocycles. The molecule has 0 unspecified atom stereocenters. The third kappa shape index (κ3) is 3.37. The van der Waals surface area contributed by atoms with Gasteiger partial charge >= 0.3 is 5.97 Å². The van der Waals surface area contributed by atoms with E-state index in [4.69, 9.17) is 18.0 Å². The fourth-order valence-corrected chi connectivity index (χ4v) is 2.74. The Morgan fingerprint density at radius 3 is 2.85 bits per heavy atom. The topological polar surface area (TPSA) is 112 Å². The van der Waals surface area contributed by atoms with Crippen LogP contribution in [0.1, 0.15) is 18.1 Å². The van der Waals surface area contributed by atoms with Gasteiger partial charge in [-0.3, -0.25) is 9.59 Å². The lowest BCUT2D eigenvalue weighted by Gasteiger charge is -2.14. The van der Waals surface area contributed by atoms with Crippen LogP contribution in [0.15, 0.2) is 50.0 Å². The fraction of sp³-hybridized carbons (Fsp3) is 0.294. The minimum atomic E-state index is -0.523. The largest absolute Gasteiger partial charge is 0.467 e. The van der Waals surface area contributed by atoms with E-state index in [2.05, 4.69) is 10.2 Å². The maximum Gasteiger partial charge on any atom is 0.311 e. The monoisotopic (exact) mass is 357 g/mol. The summed E-state index contributed by atoms with van der Waals surface area (Å²) in [6.07, 6.45) is 3.15. The molecule has 0 radical (unpaired) electrons. The van der Waals surface area contributed by atoms with E-state index in [0.717, 1.165) is 0 Å². The summed E-state index contributed by atoms with van der Waals surface area (Å²) in [7, 11) is 0. The van der Waals surface area contributed by atoms with Crippen molar-refractivity contribution in [1.82, 2.24) is 15.1 Å². The first kappa shape index (κ1) is 16.1. The van der Waals surface area contributed by atoms with E-state index < -0.39 is 11.9 Å². The van der Waals surface area contributed by atoms with Crippen molar-refractivity contribution in [2.45, 2.75) is 19.6 Å². The Morgan fingerprint density at radius 1 is 1.23 bits per heavy atom. The number of carbonyl (C=O) groups is 2. The Labute approximate surface area is 147 Å². The van der Waals surface area contributed by atoms with Gasteiger partial charge in [-0.25, -0.2) is 0 Å². The quantitative estimate of drug-likeness (QED) is 0.616. The number of esters is 1. The molecule has 9 heteroatoms. The molecule has 3 aromatic heterocycles. The Kier molecular flexibility index (Phi) is 4.26. The van der Waals surface area contributed by atoms with E-state index in [1.54, 1.807) is 35.4 Å². The SMILES string of the molecule is O=C(OCc1nnc(-c2ccco2)o1)[C@H]1CC(=O)N(Cc2ccco2)C1. The minimum absolute atomic E-state index is 0.110. The summed E-state index contributed by atoms with van der Waals surface area (Å²) in [5, 5.41) is 7.63. The van der Waals surface area contributed by atoms with E-state index >= 15 is 0 Å². The maximum absolute atomic E-state index is 12.2. The number of hydrogen-bond acceptors (Lipinski definition) is 8. The predicted molar refractivity (Wildman–Crippen MR) is 84.0 cm³/mol. The Morgan fingerprint density at radius 2 is 2.08 bits per heavy atom. The third-order valence-corrected chi connectivity index (χ3v) is 4.01. The summed E-state index contributed by atoms with van der Waals surface area (Å²) in [5.41, 5.74) is 0. The molecule has 0 N–H and O–H groups in total. The molecule has 26 heavy (non-hydrogen) atoms. The standard InChI is InChI=1S/C17H15N3O6/c21-15-7-11(8-20(15)9-12-3-1-5-23-12)17(22)25-10-14-18-19-16(26-14)13-4-2-6-24-13/h1-6,11H,7-10H2/t11-/m0/s1. The van der Waals surface area contributed by atoms with Crippen molar-refractivity contribution in [3.8, 4) is 11.7 Å². The number of furan rings is 2. The number of aromatic nitrogens is 2. The van der Waals surface area contributed by atoms with Gasteiger partial charge < -0.3 is 22.9 Å². The normalized spacial score (nSPS) is 17.0. The molecule has 134 valence electrons. The highest BCUT2D eigenvalue weighted by Crippen LogP contribution is 2.22.